The van der Waals surface area contributed by atoms with Crippen molar-refractivity contribution in [1.29, 1.82) is 0 Å². The Bertz CT molecular complexity index is 90.2. The molecule has 0 aromatic heterocycles. The van der Waals surface area contributed by atoms with Crippen molar-refractivity contribution in [2.24, 2.45) is 0 Å². The Morgan fingerprint density at radius 2 is 2.11 bits per heavy atom. The fourth-order valence-corrected chi connectivity index (χ4v) is 0.439. The van der Waals surface area contributed by atoms with Gasteiger partial charge in [-0.2, -0.15) is 0 Å². The Hall–Kier alpha value is -0.610. The van der Waals surface area contributed by atoms with Crippen LogP contribution in [0.2, 0.25) is 0 Å². The van der Waals surface area contributed by atoms with Gasteiger partial charge < -0.3 is 9.47 Å². The van der Waals surface area contributed by atoms with Crippen LogP contribution in [0.4, 0.5) is 0 Å². The minimum absolute atomic E-state index is 0.417. The number of esters is 1. The molecule has 0 aliphatic heterocycles. The van der Waals surface area contributed by atoms with E-state index in [0.717, 1.165) is 0 Å². The third-order valence-electron chi connectivity index (χ3n) is 0.913. The zero-order valence-electron chi connectivity index (χ0n) is 5.80. The predicted molar refractivity (Wildman–Crippen MR) is 31.9 cm³/mol. The van der Waals surface area contributed by atoms with Gasteiger partial charge in [0.2, 0.25) is 6.23 Å². The summed E-state index contributed by atoms with van der Waals surface area (Å²) >= 11 is 0. The van der Waals surface area contributed by atoms with Gasteiger partial charge in [0.25, 0.3) is 0 Å². The first-order valence-corrected chi connectivity index (χ1v) is 2.54. The van der Waals surface area contributed by atoms with Crippen molar-refractivity contribution in [3.63, 3.8) is 0 Å². The number of nitrogens with one attached hydrogen (secondary N) is 1. The van der Waals surface area contributed by atoms with Crippen molar-refractivity contribution < 1.29 is 14.3 Å². The first kappa shape index (κ1) is 8.39. The number of carbonyl (C=O) groups excluding carboxylic acids is 1. The molecule has 0 aliphatic carbocycles. The van der Waals surface area contributed by atoms with E-state index in [0.29, 0.717) is 0 Å². The quantitative estimate of drug-likeness (QED) is 0.410. The maximum absolute atomic E-state index is 10.6. The SMILES string of the molecule is CNC(OC)C(=O)OC. The number of rotatable bonds is 3. The van der Waals surface area contributed by atoms with E-state index in [2.05, 4.69) is 14.8 Å². The van der Waals surface area contributed by atoms with Gasteiger partial charge >= 0.3 is 5.97 Å². The minimum atomic E-state index is -0.644. The van der Waals surface area contributed by atoms with Crippen molar-refractivity contribution in [3.05, 3.63) is 0 Å². The van der Waals surface area contributed by atoms with Gasteiger partial charge in [0.15, 0.2) is 0 Å². The topological polar surface area (TPSA) is 47.6 Å². The minimum Gasteiger partial charge on any atom is -0.466 e. The molecule has 0 radical (unpaired) electrons. The Labute approximate surface area is 54.1 Å². The lowest BCUT2D eigenvalue weighted by Gasteiger charge is -2.09. The maximum Gasteiger partial charge on any atom is 0.350 e. The summed E-state index contributed by atoms with van der Waals surface area (Å²) < 4.78 is 9.03. The second kappa shape index (κ2) is 4.29. The standard InChI is InChI=1S/C5H11NO3/c1-6-4(8-2)5(7)9-3/h4,6H,1-3H3. The molecule has 4 heteroatoms. The van der Waals surface area contributed by atoms with Gasteiger partial charge in [0, 0.05) is 7.11 Å². The molecule has 9 heavy (non-hydrogen) atoms. The molecule has 0 spiro atoms. The van der Waals surface area contributed by atoms with Gasteiger partial charge in [-0.15, -0.1) is 0 Å². The van der Waals surface area contributed by atoms with Crippen LogP contribution in [0.25, 0.3) is 0 Å². The Balaban J connectivity index is 3.64. The third kappa shape index (κ3) is 2.43. The van der Waals surface area contributed by atoms with Crippen LogP contribution >= 0.6 is 0 Å². The van der Waals surface area contributed by atoms with E-state index in [1.54, 1.807) is 7.05 Å². The van der Waals surface area contributed by atoms with Crippen LogP contribution in [0.15, 0.2) is 0 Å². The smallest absolute Gasteiger partial charge is 0.350 e. The zero-order chi connectivity index (χ0) is 7.28. The molecule has 0 saturated heterocycles. The molecule has 0 saturated carbocycles. The molecule has 54 valence electrons. The highest BCUT2D eigenvalue weighted by Crippen LogP contribution is 1.85. The van der Waals surface area contributed by atoms with E-state index in [4.69, 9.17) is 0 Å². The van der Waals surface area contributed by atoms with Crippen LogP contribution in [0, 0.1) is 0 Å². The van der Waals surface area contributed by atoms with Gasteiger partial charge in [-0.05, 0) is 7.05 Å². The average Bonchev–Trinajstić information content (AvgIpc) is 1.90. The zero-order valence-corrected chi connectivity index (χ0v) is 5.80. The predicted octanol–water partition coefficient (Wildman–Crippen LogP) is -0.649. The largest absolute Gasteiger partial charge is 0.466 e. The van der Waals surface area contributed by atoms with Gasteiger partial charge in [-0.1, -0.05) is 0 Å². The van der Waals surface area contributed by atoms with Crippen LogP contribution < -0.4 is 5.32 Å². The highest BCUT2D eigenvalue weighted by Gasteiger charge is 2.13. The van der Waals surface area contributed by atoms with E-state index in [-0.39, 0.29) is 0 Å². The second-order valence-electron chi connectivity index (χ2n) is 1.43. The summed E-state index contributed by atoms with van der Waals surface area (Å²) in [5.41, 5.74) is 0. The van der Waals surface area contributed by atoms with Crippen molar-refractivity contribution in [3.8, 4) is 0 Å². The highest BCUT2D eigenvalue weighted by atomic mass is 16.6. The summed E-state index contributed by atoms with van der Waals surface area (Å²) in [6.07, 6.45) is -0.644. The number of hydrogen-bond donors (Lipinski definition) is 1. The number of likely N-dealkylation sites (N-methyl/N-ethyl adjacent to an activating group) is 1. The van der Waals surface area contributed by atoms with E-state index < -0.39 is 12.2 Å². The molecular weight excluding hydrogens is 122 g/mol. The summed E-state index contributed by atoms with van der Waals surface area (Å²) in [4.78, 5) is 10.6. The lowest BCUT2D eigenvalue weighted by atomic mass is 10.6. The number of methoxy groups -OCH3 is 2. The van der Waals surface area contributed by atoms with E-state index in [9.17, 15) is 4.79 Å². The Morgan fingerprint density at radius 1 is 1.56 bits per heavy atom. The molecule has 0 heterocycles. The summed E-state index contributed by atoms with van der Waals surface area (Å²) in [5, 5.41) is 2.61. The van der Waals surface area contributed by atoms with Crippen LogP contribution in [0.3, 0.4) is 0 Å². The van der Waals surface area contributed by atoms with Gasteiger partial charge in [0.1, 0.15) is 0 Å². The van der Waals surface area contributed by atoms with Crippen LogP contribution in [0.1, 0.15) is 0 Å². The molecule has 1 unspecified atom stereocenters. The summed E-state index contributed by atoms with van der Waals surface area (Å²) in [6, 6.07) is 0. The summed E-state index contributed by atoms with van der Waals surface area (Å²) in [7, 11) is 4.36. The lowest BCUT2D eigenvalue weighted by Crippen LogP contribution is -2.36. The van der Waals surface area contributed by atoms with Crippen LogP contribution in [0.5, 0.6) is 0 Å². The highest BCUT2D eigenvalue weighted by molar-refractivity contribution is 5.73. The molecule has 4 nitrogen and oxygen atoms in total. The molecule has 0 rings (SSSR count). The second-order valence-corrected chi connectivity index (χ2v) is 1.43. The van der Waals surface area contributed by atoms with Crippen molar-refractivity contribution in [1.82, 2.24) is 5.32 Å². The van der Waals surface area contributed by atoms with Gasteiger partial charge in [0.05, 0.1) is 7.11 Å². The molecule has 0 aromatic carbocycles. The molecule has 1 N–H and O–H groups in total. The first-order chi connectivity index (χ1) is 4.26. The first-order valence-electron chi connectivity index (χ1n) is 2.54. The van der Waals surface area contributed by atoms with Crippen LogP contribution in [-0.4, -0.2) is 33.5 Å². The van der Waals surface area contributed by atoms with E-state index in [1.807, 2.05) is 0 Å². The molecule has 0 aliphatic rings. The Kier molecular flexibility index (Phi) is 4.00. The van der Waals surface area contributed by atoms with Gasteiger partial charge in [-0.25, -0.2) is 4.79 Å². The third-order valence-corrected chi connectivity index (χ3v) is 0.913. The van der Waals surface area contributed by atoms with Crippen molar-refractivity contribution in [2.45, 2.75) is 6.23 Å². The molecular formula is C5H11NO3. The maximum atomic E-state index is 10.6. The summed E-state index contributed by atoms with van der Waals surface area (Å²) in [6.45, 7) is 0. The lowest BCUT2D eigenvalue weighted by molar-refractivity contribution is -0.153. The molecule has 0 aromatic rings. The normalized spacial score (nSPS) is 12.8. The number of hydrogen-bond acceptors (Lipinski definition) is 4. The number of carbonyl (C=O) groups is 1. The van der Waals surface area contributed by atoms with Crippen molar-refractivity contribution in [2.75, 3.05) is 21.3 Å². The van der Waals surface area contributed by atoms with Crippen LogP contribution in [-0.2, 0) is 14.3 Å². The van der Waals surface area contributed by atoms with E-state index in [1.165, 1.54) is 14.2 Å². The average molecular weight is 133 g/mol. The molecule has 0 amide bonds. The fourth-order valence-electron chi connectivity index (χ4n) is 0.439. The Morgan fingerprint density at radius 3 is 2.22 bits per heavy atom. The summed E-state index contributed by atoms with van der Waals surface area (Å²) in [5.74, 6) is -0.417. The van der Waals surface area contributed by atoms with Gasteiger partial charge in [-0.3, -0.25) is 5.32 Å². The fraction of sp³-hybridized carbons (Fsp3) is 0.800. The molecule has 1 atom stereocenters. The monoisotopic (exact) mass is 133 g/mol. The van der Waals surface area contributed by atoms with Crippen molar-refractivity contribution >= 4 is 5.97 Å². The van der Waals surface area contributed by atoms with E-state index >= 15 is 0 Å². The number of ether oxygens (including phenoxy) is 2. The molecule has 0 bridgehead atoms. The molecule has 0 fully saturated rings.